The van der Waals surface area contributed by atoms with Gasteiger partial charge in [0.05, 0.1) is 0 Å². The Hall–Kier alpha value is -0.470. The fraction of sp³-hybridized carbons (Fsp3) is 0.538. The molecule has 0 radical (unpaired) electrons. The van der Waals surface area contributed by atoms with Gasteiger partial charge in [-0.05, 0) is 29.9 Å². The Bertz CT molecular complexity index is 248. The first kappa shape index (κ1) is 12.6. The van der Waals surface area contributed by atoms with E-state index in [0.717, 1.165) is 6.42 Å². The summed E-state index contributed by atoms with van der Waals surface area (Å²) < 4.78 is 0. The summed E-state index contributed by atoms with van der Waals surface area (Å²) in [6, 6.07) is 10.6. The van der Waals surface area contributed by atoms with E-state index in [4.69, 9.17) is 5.73 Å². The lowest BCUT2D eigenvalue weighted by atomic mass is 10.0. The summed E-state index contributed by atoms with van der Waals surface area (Å²) in [5, 5.41) is 0. The molecular formula is C13H21NS. The van der Waals surface area contributed by atoms with Crippen molar-refractivity contribution < 1.29 is 0 Å². The molecule has 1 aromatic rings. The number of hydrogen-bond acceptors (Lipinski definition) is 2. The van der Waals surface area contributed by atoms with Crippen LogP contribution in [-0.4, -0.2) is 11.5 Å². The maximum absolute atomic E-state index is 6.10. The minimum atomic E-state index is 0.220. The Kier molecular flexibility index (Phi) is 6.53. The monoisotopic (exact) mass is 223 g/mol. The van der Waals surface area contributed by atoms with Crippen molar-refractivity contribution in [1.82, 2.24) is 0 Å². The first-order valence-corrected chi connectivity index (χ1v) is 6.88. The third-order valence-electron chi connectivity index (χ3n) is 2.49. The molecule has 2 heteroatoms. The number of unbranched alkanes of at least 4 members (excludes halogenated alkanes) is 1. The molecule has 0 bridgehead atoms. The Balaban J connectivity index is 2.16. The quantitative estimate of drug-likeness (QED) is 0.715. The molecule has 84 valence electrons. The Morgan fingerprint density at radius 2 is 1.93 bits per heavy atom. The molecule has 15 heavy (non-hydrogen) atoms. The van der Waals surface area contributed by atoms with Gasteiger partial charge in [0.25, 0.3) is 0 Å². The molecule has 1 atom stereocenters. The normalized spacial score (nSPS) is 12.7. The minimum absolute atomic E-state index is 0.220. The molecule has 0 aliphatic rings. The van der Waals surface area contributed by atoms with E-state index in [-0.39, 0.29) is 6.04 Å². The number of nitrogens with two attached hydrogens (primary N) is 1. The summed E-state index contributed by atoms with van der Waals surface area (Å²) in [4.78, 5) is 0. The van der Waals surface area contributed by atoms with Gasteiger partial charge >= 0.3 is 0 Å². The molecule has 0 aromatic heterocycles. The Morgan fingerprint density at radius 1 is 1.20 bits per heavy atom. The van der Waals surface area contributed by atoms with Crippen LogP contribution in [0, 0.1) is 0 Å². The van der Waals surface area contributed by atoms with Crippen molar-refractivity contribution in [2.24, 2.45) is 5.73 Å². The first-order chi connectivity index (χ1) is 7.34. The minimum Gasteiger partial charge on any atom is -0.324 e. The molecule has 1 aromatic carbocycles. The maximum atomic E-state index is 6.10. The van der Waals surface area contributed by atoms with E-state index in [0.29, 0.717) is 0 Å². The highest BCUT2D eigenvalue weighted by Crippen LogP contribution is 2.17. The second kappa shape index (κ2) is 7.77. The summed E-state index contributed by atoms with van der Waals surface area (Å²) in [6.45, 7) is 2.21. The highest BCUT2D eigenvalue weighted by Gasteiger charge is 2.03. The van der Waals surface area contributed by atoms with E-state index in [9.17, 15) is 0 Å². The number of rotatable bonds is 7. The highest BCUT2D eigenvalue weighted by molar-refractivity contribution is 7.99. The van der Waals surface area contributed by atoms with Crippen LogP contribution in [-0.2, 0) is 0 Å². The second-order valence-electron chi connectivity index (χ2n) is 3.71. The van der Waals surface area contributed by atoms with Gasteiger partial charge in [-0.1, -0.05) is 43.7 Å². The molecule has 0 saturated carbocycles. The van der Waals surface area contributed by atoms with Gasteiger partial charge in [-0.25, -0.2) is 0 Å². The first-order valence-electron chi connectivity index (χ1n) is 5.73. The average molecular weight is 223 g/mol. The van der Waals surface area contributed by atoms with E-state index < -0.39 is 0 Å². The lowest BCUT2D eigenvalue weighted by molar-refractivity contribution is 0.606. The molecule has 1 nitrogen and oxygen atoms in total. The summed E-state index contributed by atoms with van der Waals surface area (Å²) in [5.74, 6) is 2.50. The van der Waals surface area contributed by atoms with Crippen molar-refractivity contribution in [3.05, 3.63) is 35.9 Å². The SMILES string of the molecule is CCSCCCCC(N)c1ccccc1. The molecule has 0 aliphatic carbocycles. The van der Waals surface area contributed by atoms with Crippen LogP contribution < -0.4 is 5.73 Å². The van der Waals surface area contributed by atoms with E-state index in [1.54, 1.807) is 0 Å². The smallest absolute Gasteiger partial charge is 0.0294 e. The molecule has 0 saturated heterocycles. The predicted molar refractivity (Wildman–Crippen MR) is 70.2 cm³/mol. The largest absolute Gasteiger partial charge is 0.324 e. The third-order valence-corrected chi connectivity index (χ3v) is 3.47. The molecule has 0 heterocycles. The molecule has 1 rings (SSSR count). The van der Waals surface area contributed by atoms with E-state index in [1.807, 2.05) is 17.8 Å². The maximum Gasteiger partial charge on any atom is 0.0294 e. The van der Waals surface area contributed by atoms with Crippen molar-refractivity contribution in [2.75, 3.05) is 11.5 Å². The van der Waals surface area contributed by atoms with Crippen LogP contribution in [0.25, 0.3) is 0 Å². The van der Waals surface area contributed by atoms with Gasteiger partial charge in [-0.3, -0.25) is 0 Å². The second-order valence-corrected chi connectivity index (χ2v) is 5.10. The Labute approximate surface area is 97.4 Å². The van der Waals surface area contributed by atoms with Crippen LogP contribution in [0.4, 0.5) is 0 Å². The topological polar surface area (TPSA) is 26.0 Å². The van der Waals surface area contributed by atoms with Crippen LogP contribution in [0.1, 0.15) is 37.8 Å². The van der Waals surface area contributed by atoms with Crippen molar-refractivity contribution in [2.45, 2.75) is 32.2 Å². The third kappa shape index (κ3) is 5.24. The lowest BCUT2D eigenvalue weighted by Gasteiger charge is -2.11. The Morgan fingerprint density at radius 3 is 2.60 bits per heavy atom. The standard InChI is InChI=1S/C13H21NS/c1-2-15-11-7-6-10-13(14)12-8-4-3-5-9-12/h3-5,8-9,13H,2,6-7,10-11,14H2,1H3. The van der Waals surface area contributed by atoms with Gasteiger partial charge in [-0.15, -0.1) is 0 Å². The fourth-order valence-electron chi connectivity index (χ4n) is 1.58. The van der Waals surface area contributed by atoms with Gasteiger partial charge in [0.1, 0.15) is 0 Å². The van der Waals surface area contributed by atoms with Gasteiger partial charge < -0.3 is 5.73 Å². The van der Waals surface area contributed by atoms with Crippen molar-refractivity contribution >= 4 is 11.8 Å². The molecule has 0 aliphatic heterocycles. The zero-order valence-corrected chi connectivity index (χ0v) is 10.3. The van der Waals surface area contributed by atoms with Crippen molar-refractivity contribution in [3.63, 3.8) is 0 Å². The van der Waals surface area contributed by atoms with Gasteiger partial charge in [0.2, 0.25) is 0 Å². The lowest BCUT2D eigenvalue weighted by Crippen LogP contribution is -2.09. The zero-order chi connectivity index (χ0) is 10.9. The van der Waals surface area contributed by atoms with Crippen LogP contribution in [0.3, 0.4) is 0 Å². The van der Waals surface area contributed by atoms with Gasteiger partial charge in [-0.2, -0.15) is 11.8 Å². The van der Waals surface area contributed by atoms with E-state index in [1.165, 1.54) is 29.9 Å². The van der Waals surface area contributed by atoms with Crippen molar-refractivity contribution in [1.29, 1.82) is 0 Å². The van der Waals surface area contributed by atoms with Crippen LogP contribution >= 0.6 is 11.8 Å². The molecule has 0 amide bonds. The van der Waals surface area contributed by atoms with E-state index in [2.05, 4.69) is 31.2 Å². The summed E-state index contributed by atoms with van der Waals surface area (Å²) in [5.41, 5.74) is 7.37. The van der Waals surface area contributed by atoms with E-state index >= 15 is 0 Å². The number of thioether (sulfide) groups is 1. The number of benzene rings is 1. The predicted octanol–water partition coefficient (Wildman–Crippen LogP) is 3.61. The molecule has 2 N–H and O–H groups in total. The zero-order valence-electron chi connectivity index (χ0n) is 9.49. The highest BCUT2D eigenvalue weighted by atomic mass is 32.2. The molecule has 0 fully saturated rings. The van der Waals surface area contributed by atoms with Crippen molar-refractivity contribution in [3.8, 4) is 0 Å². The van der Waals surface area contributed by atoms with Crippen LogP contribution in [0.2, 0.25) is 0 Å². The molecular weight excluding hydrogens is 202 g/mol. The summed E-state index contributed by atoms with van der Waals surface area (Å²) in [6.07, 6.45) is 3.64. The summed E-state index contributed by atoms with van der Waals surface area (Å²) in [7, 11) is 0. The molecule has 0 spiro atoms. The fourth-order valence-corrected chi connectivity index (χ4v) is 2.28. The molecule has 1 unspecified atom stereocenters. The summed E-state index contributed by atoms with van der Waals surface area (Å²) >= 11 is 2.01. The van der Waals surface area contributed by atoms with Crippen LogP contribution in [0.15, 0.2) is 30.3 Å². The van der Waals surface area contributed by atoms with Gasteiger partial charge in [0, 0.05) is 6.04 Å². The van der Waals surface area contributed by atoms with Crippen LogP contribution in [0.5, 0.6) is 0 Å². The number of hydrogen-bond donors (Lipinski definition) is 1. The average Bonchev–Trinajstić information content (AvgIpc) is 2.30. The van der Waals surface area contributed by atoms with Gasteiger partial charge in [0.15, 0.2) is 0 Å².